The predicted octanol–water partition coefficient (Wildman–Crippen LogP) is 2.08. The average molecular weight is 333 g/mol. The number of hydrogen-bond acceptors (Lipinski definition) is 4. The van der Waals surface area contributed by atoms with Crippen molar-refractivity contribution in [2.75, 3.05) is 0 Å². The van der Waals surface area contributed by atoms with Gasteiger partial charge in [-0.15, -0.1) is 0 Å². The van der Waals surface area contributed by atoms with Gasteiger partial charge >= 0.3 is 0 Å². The molecule has 1 aromatic carbocycles. The van der Waals surface area contributed by atoms with Gasteiger partial charge in [0.05, 0.1) is 11.9 Å². The Morgan fingerprint density at radius 1 is 1.22 bits per heavy atom. The van der Waals surface area contributed by atoms with Gasteiger partial charge in [0.1, 0.15) is 10.7 Å². The van der Waals surface area contributed by atoms with Crippen molar-refractivity contribution in [2.24, 2.45) is 7.05 Å². The van der Waals surface area contributed by atoms with Crippen LogP contribution in [0.5, 0.6) is 0 Å². The standard InChI is InChI=1S/C15H12FN3O3S/c1-18-9-12(7-17-18)23(21,22)19-8-11(10-20)6-15(19)13-4-2-3-5-14(13)16/h2-10H,1H3. The molecule has 0 atom stereocenters. The fraction of sp³-hybridized carbons (Fsp3) is 0.0667. The maximum atomic E-state index is 14.1. The molecular weight excluding hydrogens is 321 g/mol. The van der Waals surface area contributed by atoms with Crippen molar-refractivity contribution in [3.63, 3.8) is 0 Å². The largest absolute Gasteiger partial charge is 0.298 e. The highest BCUT2D eigenvalue weighted by Gasteiger charge is 2.24. The number of nitrogens with zero attached hydrogens (tertiary/aromatic N) is 3. The third kappa shape index (κ3) is 2.57. The summed E-state index contributed by atoms with van der Waals surface area (Å²) in [6.07, 6.45) is 4.21. The molecule has 3 aromatic rings. The van der Waals surface area contributed by atoms with Crippen molar-refractivity contribution in [1.82, 2.24) is 13.8 Å². The van der Waals surface area contributed by atoms with Crippen molar-refractivity contribution in [1.29, 1.82) is 0 Å². The maximum absolute atomic E-state index is 14.1. The van der Waals surface area contributed by atoms with Crippen molar-refractivity contribution in [3.8, 4) is 11.3 Å². The number of aryl methyl sites for hydroxylation is 1. The van der Waals surface area contributed by atoms with E-state index in [0.29, 0.717) is 6.29 Å². The van der Waals surface area contributed by atoms with Gasteiger partial charge < -0.3 is 0 Å². The summed E-state index contributed by atoms with van der Waals surface area (Å²) in [4.78, 5) is 11.0. The third-order valence-electron chi connectivity index (χ3n) is 3.33. The Bertz CT molecular complexity index is 989. The Kier molecular flexibility index (Phi) is 3.61. The van der Waals surface area contributed by atoms with E-state index in [2.05, 4.69) is 5.10 Å². The molecule has 0 amide bonds. The number of benzene rings is 1. The first-order valence-corrected chi connectivity index (χ1v) is 8.04. The summed E-state index contributed by atoms with van der Waals surface area (Å²) in [6, 6.07) is 7.10. The quantitative estimate of drug-likeness (QED) is 0.685. The minimum Gasteiger partial charge on any atom is -0.298 e. The summed E-state index contributed by atoms with van der Waals surface area (Å²) in [5.74, 6) is -0.578. The Morgan fingerprint density at radius 3 is 2.57 bits per heavy atom. The number of carbonyl (C=O) groups excluding carboxylic acids is 1. The van der Waals surface area contributed by atoms with Crippen LogP contribution in [0.1, 0.15) is 10.4 Å². The zero-order valence-electron chi connectivity index (χ0n) is 12.0. The molecule has 0 saturated carbocycles. The highest BCUT2D eigenvalue weighted by atomic mass is 32.2. The molecule has 3 rings (SSSR count). The first-order chi connectivity index (χ1) is 10.9. The number of rotatable bonds is 4. The van der Waals surface area contributed by atoms with Gasteiger partial charge in [-0.3, -0.25) is 9.48 Å². The number of aromatic nitrogens is 3. The molecule has 0 bridgehead atoms. The number of halogens is 1. The minimum atomic E-state index is -4.00. The molecule has 0 fully saturated rings. The summed E-state index contributed by atoms with van der Waals surface area (Å²) >= 11 is 0. The Balaban J connectivity index is 2.26. The molecule has 0 spiro atoms. The molecule has 0 aliphatic heterocycles. The Labute approximate surface area is 131 Å². The SMILES string of the molecule is Cn1cc(S(=O)(=O)n2cc(C=O)cc2-c2ccccc2F)cn1. The third-order valence-corrected chi connectivity index (χ3v) is 4.96. The van der Waals surface area contributed by atoms with Crippen molar-refractivity contribution in [3.05, 3.63) is 60.3 Å². The van der Waals surface area contributed by atoms with E-state index in [9.17, 15) is 17.6 Å². The maximum Gasteiger partial charge on any atom is 0.271 e. The highest BCUT2D eigenvalue weighted by Crippen LogP contribution is 2.28. The highest BCUT2D eigenvalue weighted by molar-refractivity contribution is 7.90. The lowest BCUT2D eigenvalue weighted by atomic mass is 10.1. The monoisotopic (exact) mass is 333 g/mol. The van der Waals surface area contributed by atoms with Crippen LogP contribution in [-0.4, -0.2) is 28.5 Å². The number of aldehydes is 1. The lowest BCUT2D eigenvalue weighted by Crippen LogP contribution is -2.13. The van der Waals surface area contributed by atoms with E-state index in [4.69, 9.17) is 0 Å². The van der Waals surface area contributed by atoms with Crippen molar-refractivity contribution < 1.29 is 17.6 Å². The second-order valence-electron chi connectivity index (χ2n) is 4.91. The summed E-state index contributed by atoms with van der Waals surface area (Å²) in [5.41, 5.74) is 0.304. The van der Waals surface area contributed by atoms with Crippen LogP contribution in [0.2, 0.25) is 0 Å². The van der Waals surface area contributed by atoms with Gasteiger partial charge in [0.25, 0.3) is 10.0 Å². The van der Waals surface area contributed by atoms with Crippen LogP contribution in [0, 0.1) is 5.82 Å². The zero-order chi connectivity index (χ0) is 16.6. The number of carbonyl (C=O) groups is 1. The molecule has 6 nitrogen and oxygen atoms in total. The van der Waals surface area contributed by atoms with Gasteiger partial charge in [-0.25, -0.2) is 16.8 Å². The second-order valence-corrected chi connectivity index (χ2v) is 6.72. The average Bonchev–Trinajstić information content (AvgIpc) is 3.14. The number of hydrogen-bond donors (Lipinski definition) is 0. The second kappa shape index (κ2) is 5.47. The molecule has 0 aliphatic carbocycles. The van der Waals surface area contributed by atoms with Gasteiger partial charge in [0.15, 0.2) is 6.29 Å². The summed E-state index contributed by atoms with van der Waals surface area (Å²) in [5, 5.41) is 3.84. The lowest BCUT2D eigenvalue weighted by molar-refractivity contribution is 0.112. The van der Waals surface area contributed by atoms with E-state index < -0.39 is 15.8 Å². The minimum absolute atomic E-state index is 0.0503. The lowest BCUT2D eigenvalue weighted by Gasteiger charge is -2.09. The summed E-state index contributed by atoms with van der Waals surface area (Å²) in [6.45, 7) is 0. The Morgan fingerprint density at radius 2 is 1.96 bits per heavy atom. The van der Waals surface area contributed by atoms with Crippen LogP contribution >= 0.6 is 0 Å². The molecule has 2 heterocycles. The molecule has 0 radical (unpaired) electrons. The van der Waals surface area contributed by atoms with E-state index in [1.54, 1.807) is 13.1 Å². The van der Waals surface area contributed by atoms with E-state index >= 15 is 0 Å². The molecule has 0 saturated heterocycles. The van der Waals surface area contributed by atoms with Gasteiger partial charge in [-0.05, 0) is 18.2 Å². The molecule has 8 heteroatoms. The van der Waals surface area contributed by atoms with Crippen molar-refractivity contribution in [2.45, 2.75) is 4.90 Å². The fourth-order valence-electron chi connectivity index (χ4n) is 2.24. The first kappa shape index (κ1) is 15.2. The summed E-state index contributed by atoms with van der Waals surface area (Å²) < 4.78 is 41.8. The fourth-order valence-corrected chi connectivity index (χ4v) is 3.60. The van der Waals surface area contributed by atoms with Gasteiger partial charge in [0.2, 0.25) is 0 Å². The first-order valence-electron chi connectivity index (χ1n) is 6.60. The smallest absolute Gasteiger partial charge is 0.271 e. The molecule has 0 aliphatic rings. The predicted molar refractivity (Wildman–Crippen MR) is 81.0 cm³/mol. The Hall–Kier alpha value is -2.74. The molecule has 0 N–H and O–H groups in total. The molecule has 0 unspecified atom stereocenters. The van der Waals surface area contributed by atoms with Gasteiger partial charge in [-0.2, -0.15) is 5.10 Å². The van der Waals surface area contributed by atoms with Gasteiger partial charge in [-0.1, -0.05) is 12.1 Å². The van der Waals surface area contributed by atoms with E-state index in [-0.39, 0.29) is 21.7 Å². The van der Waals surface area contributed by atoms with Gasteiger partial charge in [0, 0.05) is 30.6 Å². The van der Waals surface area contributed by atoms with Crippen LogP contribution < -0.4 is 0 Å². The van der Waals surface area contributed by atoms with Crippen LogP contribution in [0.4, 0.5) is 4.39 Å². The normalized spacial score (nSPS) is 11.6. The van der Waals surface area contributed by atoms with Crippen LogP contribution in [0.15, 0.2) is 53.8 Å². The van der Waals surface area contributed by atoms with E-state index in [1.807, 2.05) is 0 Å². The zero-order valence-corrected chi connectivity index (χ0v) is 12.9. The van der Waals surface area contributed by atoms with E-state index in [0.717, 1.165) is 10.2 Å². The molecular formula is C15H12FN3O3S. The molecule has 118 valence electrons. The van der Waals surface area contributed by atoms with Crippen molar-refractivity contribution >= 4 is 16.3 Å². The molecule has 2 aromatic heterocycles. The van der Waals surface area contributed by atoms with Crippen LogP contribution in [-0.2, 0) is 17.1 Å². The summed E-state index contributed by atoms with van der Waals surface area (Å²) in [7, 11) is -2.41. The molecule has 23 heavy (non-hydrogen) atoms. The van der Waals surface area contributed by atoms with Crippen LogP contribution in [0.3, 0.4) is 0 Å². The topological polar surface area (TPSA) is 74.0 Å². The van der Waals surface area contributed by atoms with Crippen LogP contribution in [0.25, 0.3) is 11.3 Å². The van der Waals surface area contributed by atoms with E-state index in [1.165, 1.54) is 41.3 Å².